The lowest BCUT2D eigenvalue weighted by Gasteiger charge is -2.56. The molecule has 2 atom stereocenters. The van der Waals surface area contributed by atoms with Crippen molar-refractivity contribution < 1.29 is 27.5 Å². The summed E-state index contributed by atoms with van der Waals surface area (Å²) in [5.41, 5.74) is 0.575. The van der Waals surface area contributed by atoms with Crippen LogP contribution in [0.1, 0.15) is 47.9 Å². The smallest absolute Gasteiger partial charge is 0.372 e. The Morgan fingerprint density at radius 2 is 1.97 bits per heavy atom. The molecule has 1 N–H and O–H groups in total. The Bertz CT molecular complexity index is 1330. The maximum absolute atomic E-state index is 13.1. The van der Waals surface area contributed by atoms with Gasteiger partial charge in [0.15, 0.2) is 0 Å². The molecule has 3 fully saturated rings. The van der Waals surface area contributed by atoms with Crippen LogP contribution in [0.4, 0.5) is 24.5 Å². The molecule has 0 bridgehead atoms. The molecule has 0 radical (unpaired) electrons. The summed E-state index contributed by atoms with van der Waals surface area (Å²) >= 11 is 0. The van der Waals surface area contributed by atoms with Gasteiger partial charge in [-0.1, -0.05) is 6.07 Å². The summed E-state index contributed by atoms with van der Waals surface area (Å²) in [6.45, 7) is 1.25. The number of halogens is 3. The van der Waals surface area contributed by atoms with Crippen LogP contribution in [0.25, 0.3) is 10.9 Å². The van der Waals surface area contributed by atoms with Crippen LogP contribution >= 0.6 is 0 Å². The lowest BCUT2D eigenvalue weighted by molar-refractivity contribution is -0.141. The van der Waals surface area contributed by atoms with Gasteiger partial charge < -0.3 is 19.7 Å². The predicted octanol–water partition coefficient (Wildman–Crippen LogP) is 4.22. The number of hydrogen-bond donors (Lipinski definition) is 1. The molecule has 1 unspecified atom stereocenters. The highest BCUT2D eigenvalue weighted by molar-refractivity contribution is 6.06. The molecule has 11 heteroatoms. The number of anilines is 2. The topological polar surface area (TPSA) is 89.4 Å². The first kappa shape index (κ1) is 23.0. The average Bonchev–Trinajstić information content (AvgIpc) is 3.28. The van der Waals surface area contributed by atoms with Gasteiger partial charge in [0.25, 0.3) is 5.91 Å². The van der Waals surface area contributed by atoms with E-state index in [0.29, 0.717) is 18.8 Å². The number of pyridine rings is 1. The molecule has 2 aromatic heterocycles. The largest absolute Gasteiger partial charge is 0.433 e. The SMILES string of the molecule is O=CC1CCC(n2cc3cc(NC(=O)c4cccc(C(F)(F)F)n4)c(N4C[C@@H]5OCC54)cc3n2)CC1. The Labute approximate surface area is 204 Å². The summed E-state index contributed by atoms with van der Waals surface area (Å²) in [4.78, 5) is 29.7. The summed E-state index contributed by atoms with van der Waals surface area (Å²) in [5.74, 6) is -0.614. The fourth-order valence-corrected chi connectivity index (χ4v) is 5.26. The maximum Gasteiger partial charge on any atom is 0.433 e. The van der Waals surface area contributed by atoms with Gasteiger partial charge in [0.1, 0.15) is 17.7 Å². The lowest BCUT2D eigenvalue weighted by Crippen LogP contribution is -2.71. The third kappa shape index (κ3) is 4.01. The van der Waals surface area contributed by atoms with Crippen molar-refractivity contribution in [2.24, 2.45) is 5.92 Å². The number of rotatable bonds is 5. The number of benzene rings is 1. The Morgan fingerprint density at radius 3 is 2.61 bits per heavy atom. The number of fused-ring (bicyclic) bond motifs is 2. The molecule has 0 spiro atoms. The van der Waals surface area contributed by atoms with Crippen molar-refractivity contribution in [2.45, 2.75) is 50.0 Å². The van der Waals surface area contributed by atoms with Crippen molar-refractivity contribution in [2.75, 3.05) is 23.4 Å². The number of alkyl halides is 3. The monoisotopic (exact) mass is 499 g/mol. The summed E-state index contributed by atoms with van der Waals surface area (Å²) in [6, 6.07) is 7.38. The van der Waals surface area contributed by atoms with Crippen LogP contribution in [-0.4, -0.2) is 52.3 Å². The molecular weight excluding hydrogens is 475 g/mol. The molecular formula is C25H24F3N5O3. The highest BCUT2D eigenvalue weighted by Crippen LogP contribution is 2.41. The number of carbonyl (C=O) groups excluding carboxylic acids is 2. The standard InChI is InChI=1S/C25H24F3N5O3/c26-25(27,28)23-3-1-2-17(29-23)24(35)30-19-8-15-10-33(16-6-4-14(12-34)5-7-16)31-18(15)9-20(19)32-11-22-21(32)13-36-22/h1-3,8-10,12,14,16,21-22H,4-7,11,13H2,(H,30,35)/t14?,16?,21?,22-/m0/s1. The second-order valence-electron chi connectivity index (χ2n) is 9.69. The van der Waals surface area contributed by atoms with Gasteiger partial charge in [-0.05, 0) is 49.9 Å². The average molecular weight is 499 g/mol. The van der Waals surface area contributed by atoms with Gasteiger partial charge in [0, 0.05) is 24.0 Å². The minimum atomic E-state index is -4.64. The number of amides is 1. The quantitative estimate of drug-likeness (QED) is 0.529. The van der Waals surface area contributed by atoms with Crippen LogP contribution in [0.5, 0.6) is 0 Å². The molecule has 3 aromatic rings. The zero-order valence-corrected chi connectivity index (χ0v) is 19.2. The minimum absolute atomic E-state index is 0.105. The van der Waals surface area contributed by atoms with E-state index < -0.39 is 17.8 Å². The van der Waals surface area contributed by atoms with Gasteiger partial charge in [-0.2, -0.15) is 18.3 Å². The fraction of sp³-hybridized carbons (Fsp3) is 0.440. The van der Waals surface area contributed by atoms with Crippen molar-refractivity contribution in [3.05, 3.63) is 47.9 Å². The lowest BCUT2D eigenvalue weighted by atomic mass is 9.87. The van der Waals surface area contributed by atoms with Crippen molar-refractivity contribution in [1.29, 1.82) is 0 Å². The number of aromatic nitrogens is 3. The van der Waals surface area contributed by atoms with Crippen LogP contribution < -0.4 is 10.2 Å². The van der Waals surface area contributed by atoms with Gasteiger partial charge in [0.2, 0.25) is 0 Å². The molecule has 8 nitrogen and oxygen atoms in total. The number of nitrogens with one attached hydrogen (secondary N) is 1. The summed E-state index contributed by atoms with van der Waals surface area (Å²) in [7, 11) is 0. The first-order valence-electron chi connectivity index (χ1n) is 12.0. The van der Waals surface area contributed by atoms with Crippen molar-refractivity contribution in [1.82, 2.24) is 14.8 Å². The van der Waals surface area contributed by atoms with Gasteiger partial charge in [0.05, 0.1) is 41.7 Å². The van der Waals surface area contributed by atoms with E-state index in [1.165, 1.54) is 12.1 Å². The molecule has 3 aliphatic rings. The van der Waals surface area contributed by atoms with E-state index in [9.17, 15) is 22.8 Å². The van der Waals surface area contributed by atoms with E-state index in [-0.39, 0.29) is 29.8 Å². The number of aldehydes is 1. The highest BCUT2D eigenvalue weighted by Gasteiger charge is 2.48. The Hall–Kier alpha value is -3.47. The molecule has 2 aliphatic heterocycles. The number of carbonyl (C=O) groups is 2. The highest BCUT2D eigenvalue weighted by atomic mass is 19.4. The van der Waals surface area contributed by atoms with Crippen LogP contribution in [0.2, 0.25) is 0 Å². The van der Waals surface area contributed by atoms with E-state index in [2.05, 4.69) is 15.2 Å². The summed E-state index contributed by atoms with van der Waals surface area (Å²) in [6.07, 6.45) is 1.85. The number of nitrogens with zero attached hydrogens (tertiary/aromatic N) is 4. The molecule has 1 saturated carbocycles. The Kier molecular flexibility index (Phi) is 5.47. The van der Waals surface area contributed by atoms with E-state index in [1.807, 2.05) is 23.0 Å². The van der Waals surface area contributed by atoms with Crippen molar-refractivity contribution in [3.63, 3.8) is 0 Å². The van der Waals surface area contributed by atoms with Gasteiger partial charge in [-0.25, -0.2) is 4.98 Å². The van der Waals surface area contributed by atoms with Gasteiger partial charge in [-0.3, -0.25) is 9.48 Å². The zero-order valence-electron chi connectivity index (χ0n) is 19.2. The molecule has 2 saturated heterocycles. The molecule has 36 heavy (non-hydrogen) atoms. The minimum Gasteiger partial charge on any atom is -0.372 e. The third-order valence-corrected chi connectivity index (χ3v) is 7.46. The number of ether oxygens (including phenoxy) is 1. The zero-order chi connectivity index (χ0) is 25.0. The van der Waals surface area contributed by atoms with E-state index in [0.717, 1.165) is 54.6 Å². The van der Waals surface area contributed by atoms with Crippen LogP contribution in [0.15, 0.2) is 36.5 Å². The first-order valence-corrected chi connectivity index (χ1v) is 12.0. The van der Waals surface area contributed by atoms with Crippen LogP contribution in [0, 0.1) is 5.92 Å². The van der Waals surface area contributed by atoms with E-state index >= 15 is 0 Å². The predicted molar refractivity (Wildman–Crippen MR) is 125 cm³/mol. The third-order valence-electron chi connectivity index (χ3n) is 7.46. The Morgan fingerprint density at radius 1 is 1.17 bits per heavy atom. The number of morpholine rings is 1. The molecule has 188 valence electrons. The second kappa shape index (κ2) is 8.58. The summed E-state index contributed by atoms with van der Waals surface area (Å²) < 4.78 is 46.7. The van der Waals surface area contributed by atoms with E-state index in [1.54, 1.807) is 0 Å². The summed E-state index contributed by atoms with van der Waals surface area (Å²) in [5, 5.41) is 8.38. The first-order chi connectivity index (χ1) is 17.3. The second-order valence-corrected chi connectivity index (χ2v) is 9.69. The van der Waals surface area contributed by atoms with Gasteiger partial charge >= 0.3 is 6.18 Å². The van der Waals surface area contributed by atoms with Crippen LogP contribution in [0.3, 0.4) is 0 Å². The molecule has 1 aliphatic carbocycles. The molecule has 1 aromatic carbocycles. The van der Waals surface area contributed by atoms with Gasteiger partial charge in [-0.15, -0.1) is 0 Å². The molecule has 1 amide bonds. The maximum atomic E-state index is 13.1. The van der Waals surface area contributed by atoms with E-state index in [4.69, 9.17) is 9.84 Å². The van der Waals surface area contributed by atoms with Crippen molar-refractivity contribution in [3.8, 4) is 0 Å². The molecule has 4 heterocycles. The fourth-order valence-electron chi connectivity index (χ4n) is 5.26. The number of hydrogen-bond acceptors (Lipinski definition) is 6. The van der Waals surface area contributed by atoms with Crippen molar-refractivity contribution >= 4 is 34.5 Å². The van der Waals surface area contributed by atoms with Crippen LogP contribution in [-0.2, 0) is 15.7 Å². The molecule has 6 rings (SSSR count). The normalized spacial score (nSPS) is 25.6. The Balaban J connectivity index is 1.32.